The first-order valence-corrected chi connectivity index (χ1v) is 3.80. The molecule has 0 bridgehead atoms. The van der Waals surface area contributed by atoms with Crippen LogP contribution in [0.1, 0.15) is 34.1 Å². The van der Waals surface area contributed by atoms with Crippen LogP contribution in [-0.2, 0) is 0 Å². The second-order valence-corrected chi connectivity index (χ2v) is 4.35. The van der Waals surface area contributed by atoms with Gasteiger partial charge in [-0.1, -0.05) is 45.8 Å². The van der Waals surface area contributed by atoms with E-state index < -0.39 is 0 Å². The summed E-state index contributed by atoms with van der Waals surface area (Å²) in [6, 6.07) is 0. The summed E-state index contributed by atoms with van der Waals surface area (Å²) in [5.41, 5.74) is 0.535. The van der Waals surface area contributed by atoms with Crippen LogP contribution in [0.2, 0.25) is 11.6 Å². The molecule has 1 heterocycles. The minimum Gasteiger partial charge on any atom is -0.0791 e. The van der Waals surface area contributed by atoms with Gasteiger partial charge in [-0.2, -0.15) is 0 Å². The van der Waals surface area contributed by atoms with Gasteiger partial charge in [0.1, 0.15) is 7.28 Å². The molecular formula is C8H16B. The van der Waals surface area contributed by atoms with Crippen molar-refractivity contribution < 1.29 is 0 Å². The highest BCUT2D eigenvalue weighted by molar-refractivity contribution is 6.41. The van der Waals surface area contributed by atoms with E-state index >= 15 is 0 Å². The summed E-state index contributed by atoms with van der Waals surface area (Å²) in [6.45, 7) is 9.38. The minimum absolute atomic E-state index is 0.465. The van der Waals surface area contributed by atoms with Crippen molar-refractivity contribution in [2.24, 2.45) is 5.41 Å². The summed E-state index contributed by atoms with van der Waals surface area (Å²) in [7, 11) is 2.45. The van der Waals surface area contributed by atoms with Crippen molar-refractivity contribution in [3.05, 3.63) is 0 Å². The SMILES string of the molecule is CC1(C)[B]CCC1(C)C. The van der Waals surface area contributed by atoms with E-state index in [9.17, 15) is 0 Å². The van der Waals surface area contributed by atoms with Crippen LogP contribution in [0.3, 0.4) is 0 Å². The maximum atomic E-state index is 2.45. The molecule has 1 aliphatic rings. The van der Waals surface area contributed by atoms with E-state index in [1.54, 1.807) is 0 Å². The molecule has 0 aromatic rings. The van der Waals surface area contributed by atoms with Gasteiger partial charge < -0.3 is 0 Å². The maximum Gasteiger partial charge on any atom is 0.117 e. The zero-order chi connectivity index (χ0) is 7.12. The summed E-state index contributed by atoms with van der Waals surface area (Å²) < 4.78 is 0. The zero-order valence-corrected chi connectivity index (χ0v) is 6.99. The lowest BCUT2D eigenvalue weighted by molar-refractivity contribution is 0.280. The molecule has 9 heavy (non-hydrogen) atoms. The van der Waals surface area contributed by atoms with E-state index in [4.69, 9.17) is 0 Å². The molecule has 0 amide bonds. The fraction of sp³-hybridized carbons (Fsp3) is 1.00. The first-order chi connectivity index (χ1) is 3.96. The van der Waals surface area contributed by atoms with E-state index in [1.165, 1.54) is 12.7 Å². The maximum absolute atomic E-state index is 2.45. The Kier molecular flexibility index (Phi) is 1.41. The Morgan fingerprint density at radius 2 is 1.67 bits per heavy atom. The monoisotopic (exact) mass is 123 g/mol. The quantitative estimate of drug-likeness (QED) is 0.434. The van der Waals surface area contributed by atoms with Crippen LogP contribution < -0.4 is 0 Å². The van der Waals surface area contributed by atoms with Gasteiger partial charge in [-0.15, -0.1) is 0 Å². The third-order valence-corrected chi connectivity index (χ3v) is 3.17. The molecule has 1 aliphatic heterocycles. The Hall–Kier alpha value is 0.0649. The topological polar surface area (TPSA) is 0 Å². The summed E-state index contributed by atoms with van der Waals surface area (Å²) in [5, 5.41) is 0.465. The lowest BCUT2D eigenvalue weighted by atomic mass is 9.51. The van der Waals surface area contributed by atoms with Gasteiger partial charge in [-0.3, -0.25) is 0 Å². The van der Waals surface area contributed by atoms with Gasteiger partial charge in [0.2, 0.25) is 0 Å². The van der Waals surface area contributed by atoms with Gasteiger partial charge in [0, 0.05) is 0 Å². The predicted octanol–water partition coefficient (Wildman–Crippen LogP) is 2.74. The normalized spacial score (nSPS) is 29.8. The highest BCUT2D eigenvalue weighted by atomic mass is 14.4. The standard InChI is InChI=1S/C8H16B/c1-7(2)5-6-9-8(7,3)4/h5-6H2,1-4H3. The molecule has 0 atom stereocenters. The van der Waals surface area contributed by atoms with Crippen molar-refractivity contribution in [2.75, 3.05) is 0 Å². The van der Waals surface area contributed by atoms with Crippen molar-refractivity contribution >= 4 is 7.28 Å². The molecule has 0 aromatic heterocycles. The molecule has 0 nitrogen and oxygen atoms in total. The molecule has 1 saturated heterocycles. The Bertz CT molecular complexity index is 99.7. The van der Waals surface area contributed by atoms with Gasteiger partial charge in [-0.05, 0) is 5.41 Å². The Morgan fingerprint density at radius 1 is 1.11 bits per heavy atom. The van der Waals surface area contributed by atoms with Crippen LogP contribution in [0.5, 0.6) is 0 Å². The van der Waals surface area contributed by atoms with Gasteiger partial charge in [0.05, 0.1) is 0 Å². The molecule has 51 valence electrons. The number of hydrogen-bond donors (Lipinski definition) is 0. The molecule has 0 N–H and O–H groups in total. The van der Waals surface area contributed by atoms with Crippen molar-refractivity contribution in [3.8, 4) is 0 Å². The van der Waals surface area contributed by atoms with E-state index in [2.05, 4.69) is 35.0 Å². The van der Waals surface area contributed by atoms with E-state index in [0.717, 1.165) is 0 Å². The molecule has 1 radical (unpaired) electrons. The zero-order valence-electron chi connectivity index (χ0n) is 6.99. The summed E-state index contributed by atoms with van der Waals surface area (Å²) in [5.74, 6) is 0. The smallest absolute Gasteiger partial charge is 0.0791 e. The lowest BCUT2D eigenvalue weighted by Gasteiger charge is -2.34. The van der Waals surface area contributed by atoms with Crippen molar-refractivity contribution in [2.45, 2.75) is 45.8 Å². The molecule has 0 aromatic carbocycles. The van der Waals surface area contributed by atoms with Crippen LogP contribution in [0, 0.1) is 5.41 Å². The molecule has 0 saturated carbocycles. The van der Waals surface area contributed by atoms with Crippen LogP contribution in [-0.4, -0.2) is 7.28 Å². The van der Waals surface area contributed by atoms with Crippen LogP contribution in [0.15, 0.2) is 0 Å². The van der Waals surface area contributed by atoms with Crippen molar-refractivity contribution in [1.82, 2.24) is 0 Å². The third-order valence-electron chi connectivity index (χ3n) is 3.17. The van der Waals surface area contributed by atoms with Crippen molar-refractivity contribution in [1.29, 1.82) is 0 Å². The minimum atomic E-state index is 0.465. The number of rotatable bonds is 0. The second-order valence-electron chi connectivity index (χ2n) is 4.35. The van der Waals surface area contributed by atoms with Gasteiger partial charge in [0.15, 0.2) is 0 Å². The Labute approximate surface area is 59.3 Å². The molecular weight excluding hydrogens is 107 g/mol. The fourth-order valence-corrected chi connectivity index (χ4v) is 1.39. The van der Waals surface area contributed by atoms with Crippen molar-refractivity contribution in [3.63, 3.8) is 0 Å². The average Bonchev–Trinajstić information content (AvgIpc) is 1.81. The van der Waals surface area contributed by atoms with E-state index in [-0.39, 0.29) is 0 Å². The largest absolute Gasteiger partial charge is 0.117 e. The van der Waals surface area contributed by atoms with Crippen LogP contribution >= 0.6 is 0 Å². The molecule has 0 unspecified atom stereocenters. The van der Waals surface area contributed by atoms with Crippen LogP contribution in [0.25, 0.3) is 0 Å². The summed E-state index contributed by atoms with van der Waals surface area (Å²) in [6.07, 6.45) is 2.67. The molecule has 0 aliphatic carbocycles. The van der Waals surface area contributed by atoms with E-state index in [0.29, 0.717) is 10.7 Å². The van der Waals surface area contributed by atoms with Gasteiger partial charge >= 0.3 is 0 Å². The lowest BCUT2D eigenvalue weighted by Crippen LogP contribution is -2.22. The second kappa shape index (κ2) is 1.77. The first kappa shape index (κ1) is 7.18. The summed E-state index contributed by atoms with van der Waals surface area (Å²) in [4.78, 5) is 0. The first-order valence-electron chi connectivity index (χ1n) is 3.80. The predicted molar refractivity (Wildman–Crippen MR) is 43.0 cm³/mol. The van der Waals surface area contributed by atoms with Gasteiger partial charge in [0.25, 0.3) is 0 Å². The Balaban J connectivity index is 2.75. The number of hydrogen-bond acceptors (Lipinski definition) is 0. The van der Waals surface area contributed by atoms with Crippen LogP contribution in [0.4, 0.5) is 0 Å². The molecule has 1 fully saturated rings. The van der Waals surface area contributed by atoms with E-state index in [1.807, 2.05) is 0 Å². The van der Waals surface area contributed by atoms with Gasteiger partial charge in [-0.25, -0.2) is 0 Å². The molecule has 0 spiro atoms. The fourth-order valence-electron chi connectivity index (χ4n) is 1.39. The average molecular weight is 123 g/mol. The highest BCUT2D eigenvalue weighted by Crippen LogP contribution is 2.53. The third kappa shape index (κ3) is 1.02. The molecule has 1 heteroatoms. The highest BCUT2D eigenvalue weighted by Gasteiger charge is 2.41. The molecule has 1 rings (SSSR count). The summed E-state index contributed by atoms with van der Waals surface area (Å²) >= 11 is 0. The Morgan fingerprint density at radius 3 is 1.78 bits per heavy atom.